The summed E-state index contributed by atoms with van der Waals surface area (Å²) in [5, 5.41) is 8.57. The Morgan fingerprint density at radius 3 is 2.17 bits per heavy atom. The van der Waals surface area contributed by atoms with Gasteiger partial charge in [0, 0.05) is 6.07 Å². The molecule has 0 atom stereocenters. The molecule has 0 saturated heterocycles. The van der Waals surface area contributed by atoms with Crippen molar-refractivity contribution in [1.29, 1.82) is 0 Å². The van der Waals surface area contributed by atoms with Gasteiger partial charge in [-0.1, -0.05) is 6.07 Å². The molecule has 1 N–H and O–H groups in total. The molecule has 0 aliphatic heterocycles. The molecule has 0 aliphatic carbocycles. The van der Waals surface area contributed by atoms with Crippen molar-refractivity contribution in [2.75, 3.05) is 0 Å². The summed E-state index contributed by atoms with van der Waals surface area (Å²) in [4.78, 5) is 2.88. The summed E-state index contributed by atoms with van der Waals surface area (Å²) in [6.07, 6.45) is -4.49. The van der Waals surface area contributed by atoms with Crippen LogP contribution in [0.5, 0.6) is 5.88 Å². The Labute approximate surface area is 109 Å². The maximum atomic E-state index is 11.8. The van der Waals surface area contributed by atoms with Gasteiger partial charge in [0.05, 0.1) is 0 Å². The predicted octanol–water partition coefficient (Wildman–Crippen LogP) is 1.16. The molecule has 0 saturated carbocycles. The van der Waals surface area contributed by atoms with Gasteiger partial charge in [0.15, 0.2) is 0 Å². The number of rotatable bonds is 0. The number of nitrogens with zero attached hydrogens (tertiary/aromatic N) is 1. The number of aromatic nitrogens is 1. The number of alkyl halides is 3. The Morgan fingerprint density at radius 2 is 1.83 bits per heavy atom. The van der Waals surface area contributed by atoms with Gasteiger partial charge in [-0.15, -0.1) is 0 Å². The van der Waals surface area contributed by atoms with Gasteiger partial charge >= 0.3 is 57.6 Å². The van der Waals surface area contributed by atoms with Crippen LogP contribution in [-0.4, -0.2) is 61.5 Å². The van der Waals surface area contributed by atoms with Crippen molar-refractivity contribution in [2.45, 2.75) is 6.18 Å². The summed E-state index contributed by atoms with van der Waals surface area (Å²) in [7, 11) is 0. The fourth-order valence-corrected chi connectivity index (χ4v) is 0.581. The summed E-state index contributed by atoms with van der Waals surface area (Å²) in [6.45, 7) is 0. The van der Waals surface area contributed by atoms with E-state index in [9.17, 15) is 13.2 Å². The van der Waals surface area contributed by atoms with E-state index in [4.69, 9.17) is 5.11 Å². The third-order valence-electron chi connectivity index (χ3n) is 1.02. The quantitative estimate of drug-likeness (QED) is 0.642. The van der Waals surface area contributed by atoms with Crippen LogP contribution in [0.3, 0.4) is 0 Å². The molecule has 1 rings (SSSR count). The second-order valence-corrected chi connectivity index (χ2v) is 1.88. The number of pyridine rings is 1. The van der Waals surface area contributed by atoms with Crippen molar-refractivity contribution in [3.8, 4) is 5.88 Å². The van der Waals surface area contributed by atoms with Gasteiger partial charge in [-0.05, 0) is 6.07 Å². The van der Waals surface area contributed by atoms with Crippen LogP contribution in [0.2, 0.25) is 0 Å². The number of hydrogen-bond acceptors (Lipinski definition) is 2. The summed E-state index contributed by atoms with van der Waals surface area (Å²) < 4.78 is 35.4. The minimum atomic E-state index is -4.49. The normalized spacial score (nSPS) is 10.6. The summed E-state index contributed by atoms with van der Waals surface area (Å²) in [6, 6.07) is 2.96. The van der Waals surface area contributed by atoms with Crippen LogP contribution < -0.4 is 0 Å². The summed E-state index contributed by atoms with van der Waals surface area (Å²) in [5.41, 5.74) is -1.09. The number of halogens is 3. The van der Waals surface area contributed by atoms with E-state index in [0.717, 1.165) is 18.2 Å². The fraction of sp³-hybridized carbons (Fsp3) is 0.167. The number of hydrogen-bond donors (Lipinski definition) is 1. The van der Waals surface area contributed by atoms with Crippen LogP contribution in [0, 0.1) is 0 Å². The molecule has 0 spiro atoms. The monoisotopic (exact) mass is 203 g/mol. The van der Waals surface area contributed by atoms with Gasteiger partial charge in [-0.3, -0.25) is 0 Å². The maximum absolute atomic E-state index is 11.8. The van der Waals surface area contributed by atoms with Gasteiger partial charge in [0.25, 0.3) is 0 Å². The molecule has 1 aromatic rings. The van der Waals surface area contributed by atoms with E-state index in [0.29, 0.717) is 0 Å². The van der Waals surface area contributed by atoms with Crippen molar-refractivity contribution in [2.24, 2.45) is 0 Å². The molecule has 12 heavy (non-hydrogen) atoms. The molecule has 0 unspecified atom stereocenters. The van der Waals surface area contributed by atoms with Crippen LogP contribution >= 0.6 is 0 Å². The molecule has 0 aliphatic rings. The molecule has 1 aromatic heterocycles. The van der Waals surface area contributed by atoms with Gasteiger partial charge in [0.1, 0.15) is 5.69 Å². The molecule has 0 radical (unpaired) electrons. The van der Waals surface area contributed by atoms with Gasteiger partial charge in [-0.2, -0.15) is 13.2 Å². The van der Waals surface area contributed by atoms with Crippen LogP contribution in [0.1, 0.15) is 5.69 Å². The topological polar surface area (TPSA) is 33.1 Å². The minimum absolute atomic E-state index is 0. The van der Waals surface area contributed by atoms with Crippen LogP contribution in [-0.2, 0) is 6.18 Å². The first-order valence-electron chi connectivity index (χ1n) is 2.73. The van der Waals surface area contributed by atoms with E-state index in [2.05, 4.69) is 4.98 Å². The molecule has 62 valence electrons. The molecule has 0 bridgehead atoms. The van der Waals surface area contributed by atoms with Gasteiger partial charge in [-0.25, -0.2) is 4.98 Å². The second kappa shape index (κ2) is 4.57. The van der Waals surface area contributed by atoms with Crippen LogP contribution in [0.15, 0.2) is 18.2 Å². The van der Waals surface area contributed by atoms with Crippen LogP contribution in [0.25, 0.3) is 0 Å². The van der Waals surface area contributed by atoms with E-state index in [1.54, 1.807) is 0 Å². The Kier molecular flexibility index (Phi) is 4.71. The molecular formula is C6H5F3KNO. The predicted molar refractivity (Wildman–Crippen MR) is 38.1 cm³/mol. The Balaban J connectivity index is 0.00000121. The molecule has 2 nitrogen and oxygen atoms in total. The van der Waals surface area contributed by atoms with Gasteiger partial charge in [0.2, 0.25) is 5.88 Å². The van der Waals surface area contributed by atoms with E-state index >= 15 is 0 Å². The number of aromatic hydroxyl groups is 1. The fourth-order valence-electron chi connectivity index (χ4n) is 0.581. The molecule has 0 fully saturated rings. The SMILES string of the molecule is Oc1cccc(C(F)(F)F)n1.[KH]. The zero-order chi connectivity index (χ0) is 8.48. The van der Waals surface area contributed by atoms with Crippen molar-refractivity contribution in [3.05, 3.63) is 23.9 Å². The molecule has 0 amide bonds. The molecular weight excluding hydrogens is 198 g/mol. The molecule has 6 heteroatoms. The Bertz CT molecular complexity index is 263. The van der Waals surface area contributed by atoms with Crippen LogP contribution in [0.4, 0.5) is 13.2 Å². The van der Waals surface area contributed by atoms with Crippen molar-refractivity contribution in [3.63, 3.8) is 0 Å². The first-order chi connectivity index (χ1) is 5.00. The second-order valence-electron chi connectivity index (χ2n) is 1.88. The average molecular weight is 203 g/mol. The third-order valence-corrected chi connectivity index (χ3v) is 1.02. The van der Waals surface area contributed by atoms with E-state index in [-0.39, 0.29) is 51.4 Å². The third kappa shape index (κ3) is 3.40. The standard InChI is InChI=1S/C6H4F3NO.K.H/c7-6(8,9)4-2-1-3-5(11)10-4;;/h1-3H,(H,10,11);;. The zero-order valence-corrected chi connectivity index (χ0v) is 5.26. The summed E-state index contributed by atoms with van der Waals surface area (Å²) in [5.74, 6) is -0.625. The van der Waals surface area contributed by atoms with E-state index in [1.165, 1.54) is 0 Å². The van der Waals surface area contributed by atoms with Gasteiger partial charge < -0.3 is 5.11 Å². The summed E-state index contributed by atoms with van der Waals surface area (Å²) >= 11 is 0. The van der Waals surface area contributed by atoms with Crippen molar-refractivity contribution >= 4 is 51.4 Å². The average Bonchev–Trinajstić information content (AvgIpc) is 1.86. The van der Waals surface area contributed by atoms with Crippen molar-refractivity contribution < 1.29 is 18.3 Å². The van der Waals surface area contributed by atoms with E-state index < -0.39 is 17.8 Å². The molecule has 0 aromatic carbocycles. The first kappa shape index (κ1) is 12.4. The van der Waals surface area contributed by atoms with Crippen molar-refractivity contribution in [1.82, 2.24) is 4.98 Å². The first-order valence-corrected chi connectivity index (χ1v) is 2.73. The zero-order valence-electron chi connectivity index (χ0n) is 5.26. The van der Waals surface area contributed by atoms with E-state index in [1.807, 2.05) is 0 Å². The Hall–Kier alpha value is 0.376. The Morgan fingerprint density at radius 1 is 1.25 bits per heavy atom. The molecule has 1 heterocycles.